The number of likely N-dealkylation sites (N-methyl/N-ethyl adjacent to an activating group) is 1. The summed E-state index contributed by atoms with van der Waals surface area (Å²) in [7, 11) is 2.14. The Labute approximate surface area is 116 Å². The molecule has 19 heavy (non-hydrogen) atoms. The van der Waals surface area contributed by atoms with Gasteiger partial charge in [-0.15, -0.1) is 0 Å². The molecule has 0 unspecified atom stereocenters. The molecule has 0 amide bonds. The van der Waals surface area contributed by atoms with E-state index in [1.54, 1.807) is 0 Å². The van der Waals surface area contributed by atoms with Crippen LogP contribution in [-0.2, 0) is 0 Å². The lowest BCUT2D eigenvalue weighted by Crippen LogP contribution is -2.24. The summed E-state index contributed by atoms with van der Waals surface area (Å²) in [4.78, 5) is 2.29. The fraction of sp³-hybridized carbons (Fsp3) is 0.294. The van der Waals surface area contributed by atoms with Gasteiger partial charge in [0.1, 0.15) is 0 Å². The van der Waals surface area contributed by atoms with Gasteiger partial charge in [-0.2, -0.15) is 0 Å². The van der Waals surface area contributed by atoms with Crippen molar-refractivity contribution in [2.75, 3.05) is 30.4 Å². The first kappa shape index (κ1) is 13.5. The van der Waals surface area contributed by atoms with Crippen molar-refractivity contribution in [3.05, 3.63) is 59.7 Å². The van der Waals surface area contributed by atoms with E-state index in [-0.39, 0.29) is 0 Å². The number of benzene rings is 2. The van der Waals surface area contributed by atoms with Crippen LogP contribution in [0.2, 0.25) is 0 Å². The molecule has 0 aliphatic heterocycles. The predicted octanol–water partition coefficient (Wildman–Crippen LogP) is 3.85. The van der Waals surface area contributed by atoms with E-state index in [2.05, 4.69) is 73.6 Å². The van der Waals surface area contributed by atoms with E-state index in [9.17, 15) is 0 Å². The fourth-order valence-electron chi connectivity index (χ4n) is 2.22. The minimum atomic E-state index is 0.938. The summed E-state index contributed by atoms with van der Waals surface area (Å²) in [5.41, 5.74) is 5.10. The second kappa shape index (κ2) is 6.28. The maximum absolute atomic E-state index is 3.43. The third-order valence-corrected chi connectivity index (χ3v) is 3.20. The van der Waals surface area contributed by atoms with Crippen LogP contribution >= 0.6 is 0 Å². The molecule has 1 N–H and O–H groups in total. The van der Waals surface area contributed by atoms with Gasteiger partial charge >= 0.3 is 0 Å². The minimum absolute atomic E-state index is 0.938. The topological polar surface area (TPSA) is 15.3 Å². The number of aryl methyl sites for hydroxylation is 2. The van der Waals surface area contributed by atoms with Crippen LogP contribution in [0.3, 0.4) is 0 Å². The molecule has 0 aliphatic rings. The third kappa shape index (κ3) is 4.02. The molecule has 2 aromatic carbocycles. The summed E-state index contributed by atoms with van der Waals surface area (Å²) in [5, 5.41) is 3.43. The average molecular weight is 254 g/mol. The molecular weight excluding hydrogens is 232 g/mol. The van der Waals surface area contributed by atoms with E-state index >= 15 is 0 Å². The van der Waals surface area contributed by atoms with E-state index in [4.69, 9.17) is 0 Å². The molecule has 2 nitrogen and oxygen atoms in total. The Morgan fingerprint density at radius 3 is 2.21 bits per heavy atom. The van der Waals surface area contributed by atoms with Gasteiger partial charge in [0.25, 0.3) is 0 Å². The highest BCUT2D eigenvalue weighted by Crippen LogP contribution is 2.17. The van der Waals surface area contributed by atoms with Gasteiger partial charge in [-0.3, -0.25) is 0 Å². The molecule has 0 aromatic heterocycles. The zero-order valence-corrected chi connectivity index (χ0v) is 12.0. The van der Waals surface area contributed by atoms with Crippen LogP contribution in [0.1, 0.15) is 11.1 Å². The molecule has 2 heteroatoms. The smallest absolute Gasteiger partial charge is 0.0369 e. The standard InChI is InChI=1S/C17H22N2/c1-14-11-15(2)13-17(12-14)19(3)10-9-18-16-7-5-4-6-8-16/h4-8,11-13,18H,9-10H2,1-3H3. The highest BCUT2D eigenvalue weighted by molar-refractivity contribution is 5.50. The van der Waals surface area contributed by atoms with Crippen molar-refractivity contribution in [1.82, 2.24) is 0 Å². The largest absolute Gasteiger partial charge is 0.383 e. The Hall–Kier alpha value is -1.96. The molecule has 0 atom stereocenters. The zero-order chi connectivity index (χ0) is 13.7. The molecule has 0 fully saturated rings. The van der Waals surface area contributed by atoms with Crippen LogP contribution in [0.4, 0.5) is 11.4 Å². The van der Waals surface area contributed by atoms with Gasteiger partial charge in [0, 0.05) is 31.5 Å². The molecule has 0 spiro atoms. The van der Waals surface area contributed by atoms with Crippen LogP contribution in [-0.4, -0.2) is 20.1 Å². The second-order valence-electron chi connectivity index (χ2n) is 5.06. The first-order valence-corrected chi connectivity index (χ1v) is 6.73. The van der Waals surface area contributed by atoms with Crippen LogP contribution in [0.15, 0.2) is 48.5 Å². The van der Waals surface area contributed by atoms with Gasteiger partial charge in [0.05, 0.1) is 0 Å². The molecule has 0 heterocycles. The SMILES string of the molecule is Cc1cc(C)cc(N(C)CCNc2ccccc2)c1. The first-order valence-electron chi connectivity index (χ1n) is 6.73. The summed E-state index contributed by atoms with van der Waals surface area (Å²) in [6.07, 6.45) is 0. The molecule has 2 aromatic rings. The van der Waals surface area contributed by atoms with Gasteiger partial charge in [-0.25, -0.2) is 0 Å². The van der Waals surface area contributed by atoms with E-state index in [1.807, 2.05) is 6.07 Å². The molecule has 0 bridgehead atoms. The van der Waals surface area contributed by atoms with Crippen molar-refractivity contribution in [3.63, 3.8) is 0 Å². The third-order valence-electron chi connectivity index (χ3n) is 3.20. The van der Waals surface area contributed by atoms with Gasteiger partial charge < -0.3 is 10.2 Å². The Bertz CT molecular complexity index is 500. The number of anilines is 2. The molecular formula is C17H22N2. The molecule has 0 saturated heterocycles. The van der Waals surface area contributed by atoms with Crippen molar-refractivity contribution < 1.29 is 0 Å². The molecule has 0 saturated carbocycles. The summed E-state index contributed by atoms with van der Waals surface area (Å²) in [6, 6.07) is 17.0. The van der Waals surface area contributed by atoms with E-state index in [0.717, 1.165) is 13.1 Å². The second-order valence-corrected chi connectivity index (χ2v) is 5.06. The summed E-state index contributed by atoms with van der Waals surface area (Å²) >= 11 is 0. The molecule has 0 aliphatic carbocycles. The van der Waals surface area contributed by atoms with Gasteiger partial charge in [0.2, 0.25) is 0 Å². The highest BCUT2D eigenvalue weighted by atomic mass is 15.1. The Morgan fingerprint density at radius 2 is 1.58 bits per heavy atom. The lowest BCUT2D eigenvalue weighted by molar-refractivity contribution is 0.913. The lowest BCUT2D eigenvalue weighted by atomic mass is 10.1. The fourth-order valence-corrected chi connectivity index (χ4v) is 2.22. The van der Waals surface area contributed by atoms with Crippen molar-refractivity contribution in [2.24, 2.45) is 0 Å². The lowest BCUT2D eigenvalue weighted by Gasteiger charge is -2.21. The highest BCUT2D eigenvalue weighted by Gasteiger charge is 2.02. The minimum Gasteiger partial charge on any atom is -0.383 e. The molecule has 2 rings (SSSR count). The van der Waals surface area contributed by atoms with E-state index in [1.165, 1.54) is 22.5 Å². The number of hydrogen-bond donors (Lipinski definition) is 1. The summed E-state index contributed by atoms with van der Waals surface area (Å²) in [6.45, 7) is 6.21. The number of nitrogens with one attached hydrogen (secondary N) is 1. The Morgan fingerprint density at radius 1 is 0.947 bits per heavy atom. The number of nitrogens with zero attached hydrogens (tertiary/aromatic N) is 1. The monoisotopic (exact) mass is 254 g/mol. The van der Waals surface area contributed by atoms with Gasteiger partial charge in [0.15, 0.2) is 0 Å². The van der Waals surface area contributed by atoms with Crippen molar-refractivity contribution in [1.29, 1.82) is 0 Å². The van der Waals surface area contributed by atoms with E-state index < -0.39 is 0 Å². The number of para-hydroxylation sites is 1. The van der Waals surface area contributed by atoms with Crippen LogP contribution in [0, 0.1) is 13.8 Å². The Balaban J connectivity index is 1.89. The van der Waals surface area contributed by atoms with Crippen molar-refractivity contribution in [2.45, 2.75) is 13.8 Å². The molecule has 100 valence electrons. The number of rotatable bonds is 5. The maximum Gasteiger partial charge on any atom is 0.0369 e. The summed E-state index contributed by atoms with van der Waals surface area (Å²) in [5.74, 6) is 0. The normalized spacial score (nSPS) is 10.3. The van der Waals surface area contributed by atoms with E-state index in [0.29, 0.717) is 0 Å². The zero-order valence-electron chi connectivity index (χ0n) is 12.0. The van der Waals surface area contributed by atoms with Gasteiger partial charge in [-0.05, 0) is 49.2 Å². The predicted molar refractivity (Wildman–Crippen MR) is 84.1 cm³/mol. The molecule has 0 radical (unpaired) electrons. The Kier molecular flexibility index (Phi) is 4.45. The maximum atomic E-state index is 3.43. The van der Waals surface area contributed by atoms with Crippen molar-refractivity contribution in [3.8, 4) is 0 Å². The number of hydrogen-bond acceptors (Lipinski definition) is 2. The quantitative estimate of drug-likeness (QED) is 0.871. The first-order chi connectivity index (χ1) is 9.15. The van der Waals surface area contributed by atoms with Crippen LogP contribution < -0.4 is 10.2 Å². The van der Waals surface area contributed by atoms with Crippen LogP contribution in [0.5, 0.6) is 0 Å². The van der Waals surface area contributed by atoms with Crippen LogP contribution in [0.25, 0.3) is 0 Å². The average Bonchev–Trinajstić information content (AvgIpc) is 2.38. The van der Waals surface area contributed by atoms with Gasteiger partial charge in [-0.1, -0.05) is 24.3 Å². The summed E-state index contributed by atoms with van der Waals surface area (Å²) < 4.78 is 0. The van der Waals surface area contributed by atoms with Crippen molar-refractivity contribution >= 4 is 11.4 Å².